The standard InChI is InChI=1S/C11H15N3O6/c1-6-9(16)12-8(15)4-14(6)11(19)13-2-3-20-5-7(13)10(17)18/h6-7H,2-5H2,1H3,(H,17,18)(H,12,15,16). The van der Waals surface area contributed by atoms with Crippen LogP contribution in [0.15, 0.2) is 0 Å². The molecule has 110 valence electrons. The third kappa shape index (κ3) is 2.57. The molecule has 2 atom stereocenters. The molecule has 0 aromatic heterocycles. The third-order valence-electron chi connectivity index (χ3n) is 3.33. The molecular weight excluding hydrogens is 270 g/mol. The first kappa shape index (κ1) is 14.3. The molecule has 0 aromatic carbocycles. The number of carbonyl (C=O) groups is 4. The maximum Gasteiger partial charge on any atom is 0.328 e. The zero-order chi connectivity index (χ0) is 14.9. The van der Waals surface area contributed by atoms with E-state index in [0.717, 1.165) is 9.80 Å². The lowest BCUT2D eigenvalue weighted by atomic mass is 10.2. The Kier molecular flexibility index (Phi) is 3.89. The van der Waals surface area contributed by atoms with Gasteiger partial charge in [-0.3, -0.25) is 14.9 Å². The summed E-state index contributed by atoms with van der Waals surface area (Å²) in [4.78, 5) is 48.6. The molecular formula is C11H15N3O6. The highest BCUT2D eigenvalue weighted by Gasteiger charge is 2.40. The van der Waals surface area contributed by atoms with Crippen LogP contribution < -0.4 is 5.32 Å². The van der Waals surface area contributed by atoms with E-state index in [-0.39, 0.29) is 26.3 Å². The summed E-state index contributed by atoms with van der Waals surface area (Å²) in [5.41, 5.74) is 0. The number of carboxylic acid groups (broad SMARTS) is 1. The van der Waals surface area contributed by atoms with E-state index < -0.39 is 35.9 Å². The Bertz CT molecular complexity index is 465. The van der Waals surface area contributed by atoms with Gasteiger partial charge in [0.1, 0.15) is 12.6 Å². The second-order valence-corrected chi connectivity index (χ2v) is 4.62. The van der Waals surface area contributed by atoms with Crippen molar-refractivity contribution in [1.29, 1.82) is 0 Å². The van der Waals surface area contributed by atoms with Gasteiger partial charge in [-0.25, -0.2) is 9.59 Å². The Morgan fingerprint density at radius 2 is 2.05 bits per heavy atom. The second-order valence-electron chi connectivity index (χ2n) is 4.62. The summed E-state index contributed by atoms with van der Waals surface area (Å²) in [5.74, 6) is -2.34. The third-order valence-corrected chi connectivity index (χ3v) is 3.33. The summed E-state index contributed by atoms with van der Waals surface area (Å²) < 4.78 is 5.04. The molecule has 0 aromatic rings. The van der Waals surface area contributed by atoms with Crippen LogP contribution in [0.1, 0.15) is 6.92 Å². The molecule has 2 heterocycles. The van der Waals surface area contributed by atoms with E-state index in [1.54, 1.807) is 0 Å². The average Bonchev–Trinajstić information content (AvgIpc) is 2.42. The maximum absolute atomic E-state index is 12.4. The molecule has 20 heavy (non-hydrogen) atoms. The lowest BCUT2D eigenvalue weighted by molar-refractivity contribution is -0.148. The van der Waals surface area contributed by atoms with Crippen LogP contribution >= 0.6 is 0 Å². The quantitative estimate of drug-likeness (QED) is 0.551. The van der Waals surface area contributed by atoms with Crippen LogP contribution in [0.5, 0.6) is 0 Å². The fourth-order valence-electron chi connectivity index (χ4n) is 2.15. The van der Waals surface area contributed by atoms with Crippen LogP contribution in [0.3, 0.4) is 0 Å². The zero-order valence-corrected chi connectivity index (χ0v) is 10.9. The van der Waals surface area contributed by atoms with Crippen LogP contribution in [-0.2, 0) is 19.1 Å². The van der Waals surface area contributed by atoms with Crippen molar-refractivity contribution >= 4 is 23.8 Å². The van der Waals surface area contributed by atoms with E-state index in [0.29, 0.717) is 0 Å². The van der Waals surface area contributed by atoms with Crippen molar-refractivity contribution in [2.45, 2.75) is 19.0 Å². The van der Waals surface area contributed by atoms with Gasteiger partial charge in [0.05, 0.1) is 13.2 Å². The lowest BCUT2D eigenvalue weighted by Gasteiger charge is -2.39. The van der Waals surface area contributed by atoms with Crippen molar-refractivity contribution in [1.82, 2.24) is 15.1 Å². The molecule has 0 saturated carbocycles. The second kappa shape index (κ2) is 5.45. The number of imide groups is 1. The number of hydrogen-bond acceptors (Lipinski definition) is 5. The van der Waals surface area contributed by atoms with E-state index in [9.17, 15) is 19.2 Å². The summed E-state index contributed by atoms with van der Waals surface area (Å²) in [6.45, 7) is 1.43. The van der Waals surface area contributed by atoms with Gasteiger partial charge in [0.25, 0.3) is 0 Å². The van der Waals surface area contributed by atoms with Crippen LogP contribution in [0, 0.1) is 0 Å². The van der Waals surface area contributed by atoms with Crippen LogP contribution in [0.2, 0.25) is 0 Å². The smallest absolute Gasteiger partial charge is 0.328 e. The molecule has 4 amide bonds. The van der Waals surface area contributed by atoms with Gasteiger partial charge in [0.2, 0.25) is 11.8 Å². The van der Waals surface area contributed by atoms with Gasteiger partial charge in [-0.1, -0.05) is 0 Å². The van der Waals surface area contributed by atoms with E-state index in [1.165, 1.54) is 6.92 Å². The lowest BCUT2D eigenvalue weighted by Crippen LogP contribution is -2.64. The van der Waals surface area contributed by atoms with E-state index in [1.807, 2.05) is 0 Å². The minimum absolute atomic E-state index is 0.106. The molecule has 0 spiro atoms. The fraction of sp³-hybridized carbons (Fsp3) is 0.636. The summed E-state index contributed by atoms with van der Waals surface area (Å²) in [6, 6.07) is -2.57. The molecule has 2 saturated heterocycles. The van der Waals surface area contributed by atoms with Gasteiger partial charge in [-0.15, -0.1) is 0 Å². The van der Waals surface area contributed by atoms with Gasteiger partial charge in [0, 0.05) is 6.54 Å². The Labute approximate surface area is 114 Å². The molecule has 2 N–H and O–H groups in total. The van der Waals surface area contributed by atoms with Gasteiger partial charge < -0.3 is 19.6 Å². The Hall–Kier alpha value is -2.16. The Morgan fingerprint density at radius 3 is 2.70 bits per heavy atom. The Balaban J connectivity index is 2.18. The van der Waals surface area contributed by atoms with Crippen molar-refractivity contribution in [3.05, 3.63) is 0 Å². The van der Waals surface area contributed by atoms with Crippen molar-refractivity contribution < 1.29 is 29.0 Å². The van der Waals surface area contributed by atoms with Crippen molar-refractivity contribution in [3.8, 4) is 0 Å². The highest BCUT2D eigenvalue weighted by atomic mass is 16.5. The summed E-state index contributed by atoms with van der Waals surface area (Å²) in [5, 5.41) is 11.2. The molecule has 9 nitrogen and oxygen atoms in total. The van der Waals surface area contributed by atoms with Gasteiger partial charge in [0.15, 0.2) is 6.04 Å². The number of amides is 4. The fourth-order valence-corrected chi connectivity index (χ4v) is 2.15. The first-order valence-corrected chi connectivity index (χ1v) is 6.13. The number of rotatable bonds is 1. The number of morpholine rings is 1. The van der Waals surface area contributed by atoms with Crippen molar-refractivity contribution in [2.24, 2.45) is 0 Å². The average molecular weight is 285 g/mol. The highest BCUT2D eigenvalue weighted by molar-refractivity contribution is 6.04. The molecule has 2 rings (SSSR count). The van der Waals surface area contributed by atoms with Crippen molar-refractivity contribution in [3.63, 3.8) is 0 Å². The molecule has 2 aliphatic rings. The van der Waals surface area contributed by atoms with Crippen LogP contribution in [-0.4, -0.2) is 77.1 Å². The van der Waals surface area contributed by atoms with Gasteiger partial charge in [-0.2, -0.15) is 0 Å². The number of hydrogen-bond donors (Lipinski definition) is 2. The van der Waals surface area contributed by atoms with Crippen molar-refractivity contribution in [2.75, 3.05) is 26.3 Å². The first-order chi connectivity index (χ1) is 9.41. The zero-order valence-electron chi connectivity index (χ0n) is 10.9. The van der Waals surface area contributed by atoms with E-state index in [2.05, 4.69) is 5.32 Å². The Morgan fingerprint density at radius 1 is 1.35 bits per heavy atom. The van der Waals surface area contributed by atoms with Gasteiger partial charge in [-0.05, 0) is 6.92 Å². The largest absolute Gasteiger partial charge is 0.480 e. The number of urea groups is 1. The monoisotopic (exact) mass is 285 g/mol. The van der Waals surface area contributed by atoms with Gasteiger partial charge >= 0.3 is 12.0 Å². The normalized spacial score (nSPS) is 27.2. The minimum Gasteiger partial charge on any atom is -0.480 e. The highest BCUT2D eigenvalue weighted by Crippen LogP contribution is 2.14. The predicted octanol–water partition coefficient (Wildman–Crippen LogP) is -1.76. The number of nitrogens with one attached hydrogen (secondary N) is 1. The number of carbonyl (C=O) groups excluding carboxylic acids is 3. The molecule has 2 unspecified atom stereocenters. The number of piperazine rings is 1. The number of carboxylic acids is 1. The van der Waals surface area contributed by atoms with E-state index in [4.69, 9.17) is 9.84 Å². The first-order valence-electron chi connectivity index (χ1n) is 6.13. The molecule has 2 aliphatic heterocycles. The molecule has 2 fully saturated rings. The maximum atomic E-state index is 12.4. The summed E-state index contributed by atoms with van der Waals surface area (Å²) >= 11 is 0. The van der Waals surface area contributed by atoms with Crippen LogP contribution in [0.4, 0.5) is 4.79 Å². The number of nitrogens with zero attached hydrogens (tertiary/aromatic N) is 2. The number of aliphatic carboxylic acids is 1. The predicted molar refractivity (Wildman–Crippen MR) is 63.7 cm³/mol. The summed E-state index contributed by atoms with van der Waals surface area (Å²) in [7, 11) is 0. The number of ether oxygens (including phenoxy) is 1. The summed E-state index contributed by atoms with van der Waals surface area (Å²) in [6.07, 6.45) is 0. The molecule has 0 aliphatic carbocycles. The molecule has 0 bridgehead atoms. The van der Waals surface area contributed by atoms with Crippen LogP contribution in [0.25, 0.3) is 0 Å². The minimum atomic E-state index is -1.18. The van der Waals surface area contributed by atoms with E-state index >= 15 is 0 Å². The molecule has 9 heteroatoms. The topological polar surface area (TPSA) is 116 Å². The molecule has 0 radical (unpaired) electrons. The SMILES string of the molecule is CC1C(=O)NC(=O)CN1C(=O)N1CCOCC1C(=O)O.